The van der Waals surface area contributed by atoms with Crippen LogP contribution in [0.5, 0.6) is 0 Å². The van der Waals surface area contributed by atoms with Crippen molar-refractivity contribution in [2.75, 3.05) is 6.54 Å². The molecule has 2 rings (SSSR count). The topological polar surface area (TPSA) is 29.9 Å². The van der Waals surface area contributed by atoms with E-state index in [0.717, 1.165) is 29.4 Å². The average Bonchev–Trinajstić information content (AvgIpc) is 2.57. The summed E-state index contributed by atoms with van der Waals surface area (Å²) in [5, 5.41) is 8.64. The first-order chi connectivity index (χ1) is 8.58. The monoisotopic (exact) mass is 267 g/mol. The van der Waals surface area contributed by atoms with Gasteiger partial charge in [0, 0.05) is 18.7 Å². The largest absolute Gasteiger partial charge is 0.314 e. The second-order valence-corrected chi connectivity index (χ2v) is 5.61. The van der Waals surface area contributed by atoms with Crippen LogP contribution in [-0.4, -0.2) is 22.4 Å². The predicted octanol–water partition coefficient (Wildman–Crippen LogP) is 3.32. The van der Waals surface area contributed by atoms with Gasteiger partial charge in [-0.2, -0.15) is 5.10 Å². The van der Waals surface area contributed by atoms with Gasteiger partial charge in [0.15, 0.2) is 0 Å². The molecule has 2 heterocycles. The fourth-order valence-electron chi connectivity index (χ4n) is 2.60. The normalized spacial score (nSPS) is 21.3. The highest BCUT2D eigenvalue weighted by atomic mass is 35.5. The summed E-state index contributed by atoms with van der Waals surface area (Å²) >= 11 is 6.24. The van der Waals surface area contributed by atoms with E-state index in [4.69, 9.17) is 11.6 Å². The number of nitrogens with one attached hydrogen (secondary N) is 1. The van der Waals surface area contributed by atoms with Crippen LogP contribution in [0.4, 0.5) is 0 Å². The summed E-state index contributed by atoms with van der Waals surface area (Å²) in [6, 6.07) is 0.630. The summed E-state index contributed by atoms with van der Waals surface area (Å²) in [6.45, 7) is 5.34. The van der Waals surface area contributed by atoms with Crippen molar-refractivity contribution >= 4 is 17.7 Å². The lowest BCUT2D eigenvalue weighted by Crippen LogP contribution is -2.33. The van der Waals surface area contributed by atoms with Crippen LogP contribution in [0.25, 0.3) is 6.08 Å². The molecule has 1 atom stereocenters. The molecule has 0 aromatic carbocycles. The fraction of sp³-hybridized carbons (Fsp3) is 0.643. The third-order valence-electron chi connectivity index (χ3n) is 3.57. The molecule has 0 spiro atoms. The minimum Gasteiger partial charge on any atom is -0.314 e. The SMILES string of the molecule is CC(=Cc1c(C)nn(C)c1Cl)CC1CCCCN1. The fourth-order valence-corrected chi connectivity index (χ4v) is 2.83. The van der Waals surface area contributed by atoms with E-state index in [9.17, 15) is 0 Å². The minimum atomic E-state index is 0.630. The molecule has 0 aliphatic carbocycles. The van der Waals surface area contributed by atoms with Gasteiger partial charge >= 0.3 is 0 Å². The Balaban J connectivity index is 2.07. The molecule has 0 saturated carbocycles. The first-order valence-electron chi connectivity index (χ1n) is 6.67. The summed E-state index contributed by atoms with van der Waals surface area (Å²) in [6.07, 6.45) is 7.22. The molecule has 1 aromatic heterocycles. The van der Waals surface area contributed by atoms with Crippen molar-refractivity contribution in [1.29, 1.82) is 0 Å². The van der Waals surface area contributed by atoms with Crippen LogP contribution in [0, 0.1) is 6.92 Å². The van der Waals surface area contributed by atoms with E-state index in [-0.39, 0.29) is 0 Å². The molecule has 0 bridgehead atoms. The Hall–Kier alpha value is -0.800. The second kappa shape index (κ2) is 5.89. The Labute approximate surface area is 114 Å². The molecule has 1 N–H and O–H groups in total. The van der Waals surface area contributed by atoms with Crippen molar-refractivity contribution in [1.82, 2.24) is 15.1 Å². The standard InChI is InChI=1S/C14H22ClN3/c1-10(8-12-6-4-5-7-16-12)9-13-11(2)17-18(3)14(13)15/h9,12,16H,4-8H2,1-3H3. The van der Waals surface area contributed by atoms with E-state index < -0.39 is 0 Å². The van der Waals surface area contributed by atoms with Gasteiger partial charge in [-0.15, -0.1) is 0 Å². The molecule has 18 heavy (non-hydrogen) atoms. The quantitative estimate of drug-likeness (QED) is 0.911. The maximum Gasteiger partial charge on any atom is 0.134 e. The summed E-state index contributed by atoms with van der Waals surface area (Å²) in [5.74, 6) is 0. The molecule has 4 heteroatoms. The number of halogens is 1. The van der Waals surface area contributed by atoms with Crippen LogP contribution < -0.4 is 5.32 Å². The Kier molecular flexibility index (Phi) is 4.46. The number of aryl methyl sites for hydroxylation is 2. The number of piperidine rings is 1. The van der Waals surface area contributed by atoms with Gasteiger partial charge in [0.2, 0.25) is 0 Å². The number of rotatable bonds is 3. The lowest BCUT2D eigenvalue weighted by Gasteiger charge is -2.23. The zero-order chi connectivity index (χ0) is 13.1. The van der Waals surface area contributed by atoms with Crippen molar-refractivity contribution in [2.24, 2.45) is 7.05 Å². The van der Waals surface area contributed by atoms with Crippen LogP contribution in [-0.2, 0) is 7.05 Å². The molecule has 0 amide bonds. The lowest BCUT2D eigenvalue weighted by molar-refractivity contribution is 0.399. The molecular formula is C14H22ClN3. The molecule has 1 aliphatic rings. The van der Waals surface area contributed by atoms with Crippen molar-refractivity contribution in [3.8, 4) is 0 Å². The number of aromatic nitrogens is 2. The summed E-state index contributed by atoms with van der Waals surface area (Å²) < 4.78 is 1.73. The van der Waals surface area contributed by atoms with Gasteiger partial charge in [-0.3, -0.25) is 4.68 Å². The molecule has 1 saturated heterocycles. The van der Waals surface area contributed by atoms with Crippen LogP contribution >= 0.6 is 11.6 Å². The maximum atomic E-state index is 6.24. The minimum absolute atomic E-state index is 0.630. The van der Waals surface area contributed by atoms with Crippen molar-refractivity contribution in [3.05, 3.63) is 22.0 Å². The van der Waals surface area contributed by atoms with Gasteiger partial charge in [-0.05, 0) is 39.7 Å². The van der Waals surface area contributed by atoms with Gasteiger partial charge in [-0.25, -0.2) is 0 Å². The zero-order valence-corrected chi connectivity index (χ0v) is 12.2. The highest BCUT2D eigenvalue weighted by Gasteiger charge is 2.14. The summed E-state index contributed by atoms with van der Waals surface area (Å²) in [5.41, 5.74) is 3.43. The number of hydrogen-bond acceptors (Lipinski definition) is 2. The molecule has 1 fully saturated rings. The molecular weight excluding hydrogens is 246 g/mol. The zero-order valence-electron chi connectivity index (χ0n) is 11.5. The van der Waals surface area contributed by atoms with Gasteiger partial charge in [0.05, 0.1) is 5.69 Å². The van der Waals surface area contributed by atoms with Gasteiger partial charge in [-0.1, -0.05) is 29.7 Å². The van der Waals surface area contributed by atoms with Gasteiger partial charge in [0.1, 0.15) is 5.15 Å². The Morgan fingerprint density at radius 3 is 2.89 bits per heavy atom. The average molecular weight is 268 g/mol. The molecule has 1 unspecified atom stereocenters. The van der Waals surface area contributed by atoms with E-state index in [0.29, 0.717) is 6.04 Å². The van der Waals surface area contributed by atoms with Crippen LogP contribution in [0.3, 0.4) is 0 Å². The van der Waals surface area contributed by atoms with Crippen LogP contribution in [0.1, 0.15) is 43.9 Å². The molecule has 100 valence electrons. The van der Waals surface area contributed by atoms with E-state index in [1.54, 1.807) is 4.68 Å². The first-order valence-corrected chi connectivity index (χ1v) is 7.05. The number of hydrogen-bond donors (Lipinski definition) is 1. The smallest absolute Gasteiger partial charge is 0.134 e. The van der Waals surface area contributed by atoms with E-state index in [2.05, 4.69) is 23.4 Å². The highest BCUT2D eigenvalue weighted by molar-refractivity contribution is 6.31. The Morgan fingerprint density at radius 1 is 1.56 bits per heavy atom. The maximum absolute atomic E-state index is 6.24. The Bertz CT molecular complexity index is 442. The highest BCUT2D eigenvalue weighted by Crippen LogP contribution is 2.23. The second-order valence-electron chi connectivity index (χ2n) is 5.26. The van der Waals surface area contributed by atoms with Crippen molar-refractivity contribution in [3.63, 3.8) is 0 Å². The Morgan fingerprint density at radius 2 is 2.33 bits per heavy atom. The van der Waals surface area contributed by atoms with Crippen molar-refractivity contribution < 1.29 is 0 Å². The molecule has 1 aromatic rings. The molecule has 3 nitrogen and oxygen atoms in total. The van der Waals surface area contributed by atoms with Gasteiger partial charge in [0.25, 0.3) is 0 Å². The van der Waals surface area contributed by atoms with E-state index in [1.807, 2.05) is 14.0 Å². The molecule has 0 radical (unpaired) electrons. The first kappa shape index (κ1) is 13.6. The lowest BCUT2D eigenvalue weighted by atomic mass is 9.97. The van der Waals surface area contributed by atoms with Crippen LogP contribution in [0.2, 0.25) is 5.15 Å². The summed E-state index contributed by atoms with van der Waals surface area (Å²) in [4.78, 5) is 0. The van der Waals surface area contributed by atoms with E-state index in [1.165, 1.54) is 24.8 Å². The third-order valence-corrected chi connectivity index (χ3v) is 4.02. The molecule has 1 aliphatic heterocycles. The van der Waals surface area contributed by atoms with Crippen molar-refractivity contribution in [2.45, 2.75) is 45.6 Å². The van der Waals surface area contributed by atoms with Gasteiger partial charge < -0.3 is 5.32 Å². The summed E-state index contributed by atoms with van der Waals surface area (Å²) in [7, 11) is 1.88. The number of nitrogens with zero attached hydrogens (tertiary/aromatic N) is 2. The van der Waals surface area contributed by atoms with Crippen LogP contribution in [0.15, 0.2) is 5.57 Å². The predicted molar refractivity (Wildman–Crippen MR) is 76.9 cm³/mol. The van der Waals surface area contributed by atoms with E-state index >= 15 is 0 Å². The third kappa shape index (κ3) is 3.15.